The molecule has 1 aliphatic heterocycles. The highest BCUT2D eigenvalue weighted by Gasteiger charge is 2.30. The maximum absolute atomic E-state index is 12.5. The molecular weight excluding hydrogens is 226 g/mol. The van der Waals surface area contributed by atoms with Gasteiger partial charge in [-0.1, -0.05) is 18.2 Å². The highest BCUT2D eigenvalue weighted by atomic mass is 16.2. The van der Waals surface area contributed by atoms with Gasteiger partial charge in [0, 0.05) is 18.8 Å². The Balaban J connectivity index is 2.26. The summed E-state index contributed by atoms with van der Waals surface area (Å²) in [4.78, 5) is 16.3. The Morgan fingerprint density at radius 3 is 2.72 bits per heavy atom. The molecule has 1 fully saturated rings. The quantitative estimate of drug-likeness (QED) is 0.793. The number of hydrogen-bond donors (Lipinski definition) is 0. The van der Waals surface area contributed by atoms with Crippen LogP contribution >= 0.6 is 0 Å². The molecule has 2 rings (SSSR count). The Hall–Kier alpha value is -1.86. The predicted octanol–water partition coefficient (Wildman–Crippen LogP) is 1.64. The molecule has 18 heavy (non-hydrogen) atoms. The zero-order valence-electron chi connectivity index (χ0n) is 10.5. The first-order valence-corrected chi connectivity index (χ1v) is 6.17. The lowest BCUT2D eigenvalue weighted by Crippen LogP contribution is -2.44. The van der Waals surface area contributed by atoms with E-state index in [-0.39, 0.29) is 18.4 Å². The zero-order valence-corrected chi connectivity index (χ0v) is 10.5. The number of anilines is 1. The van der Waals surface area contributed by atoms with Crippen LogP contribution in [0.5, 0.6) is 0 Å². The first-order valence-electron chi connectivity index (χ1n) is 6.17. The van der Waals surface area contributed by atoms with Crippen molar-refractivity contribution >= 4 is 11.6 Å². The molecule has 1 atom stereocenters. The fourth-order valence-corrected chi connectivity index (χ4v) is 2.31. The van der Waals surface area contributed by atoms with E-state index in [1.54, 1.807) is 4.90 Å². The molecule has 1 heterocycles. The third-order valence-electron chi connectivity index (χ3n) is 3.33. The zero-order chi connectivity index (χ0) is 13.0. The summed E-state index contributed by atoms with van der Waals surface area (Å²) in [5, 5.41) is 8.86. The van der Waals surface area contributed by atoms with Gasteiger partial charge < -0.3 is 4.90 Å². The molecule has 1 amide bonds. The monoisotopic (exact) mass is 243 g/mol. The van der Waals surface area contributed by atoms with Crippen LogP contribution in [0.2, 0.25) is 0 Å². The average molecular weight is 243 g/mol. The van der Waals surface area contributed by atoms with Gasteiger partial charge in [-0.15, -0.1) is 0 Å². The van der Waals surface area contributed by atoms with Crippen molar-refractivity contribution in [2.24, 2.45) is 0 Å². The normalized spacial score (nSPS) is 21.4. The highest BCUT2D eigenvalue weighted by Crippen LogP contribution is 2.20. The highest BCUT2D eigenvalue weighted by molar-refractivity contribution is 5.97. The summed E-state index contributed by atoms with van der Waals surface area (Å²) in [5.74, 6) is 0.0303. The Labute approximate surface area is 107 Å². The minimum Gasteiger partial charge on any atom is -0.311 e. The molecular formula is C14H17N3O. The molecule has 1 aromatic carbocycles. The van der Waals surface area contributed by atoms with Gasteiger partial charge in [0.15, 0.2) is 0 Å². The molecule has 1 aromatic rings. The summed E-state index contributed by atoms with van der Waals surface area (Å²) in [6.45, 7) is 1.57. The second kappa shape index (κ2) is 5.65. The van der Waals surface area contributed by atoms with Crippen LogP contribution in [-0.4, -0.2) is 37.0 Å². The number of hydrogen-bond acceptors (Lipinski definition) is 3. The number of carbonyl (C=O) groups is 1. The smallest absolute Gasteiger partial charge is 0.245 e. The number of nitriles is 1. The molecule has 1 saturated heterocycles. The molecule has 0 radical (unpaired) electrons. The van der Waals surface area contributed by atoms with E-state index in [1.807, 2.05) is 42.3 Å². The van der Waals surface area contributed by atoms with E-state index in [0.717, 1.165) is 25.2 Å². The molecule has 0 aliphatic carbocycles. The second-order valence-corrected chi connectivity index (χ2v) is 4.54. The van der Waals surface area contributed by atoms with Gasteiger partial charge in [-0.05, 0) is 25.6 Å². The molecule has 0 aromatic heterocycles. The molecule has 1 aliphatic rings. The summed E-state index contributed by atoms with van der Waals surface area (Å²) in [6.07, 6.45) is 1.18. The van der Waals surface area contributed by atoms with Crippen molar-refractivity contribution in [2.45, 2.75) is 18.9 Å². The van der Waals surface area contributed by atoms with Crippen molar-refractivity contribution in [2.75, 3.05) is 25.0 Å². The largest absolute Gasteiger partial charge is 0.311 e. The minimum atomic E-state index is -0.322. The fraction of sp³-hybridized carbons (Fsp3) is 0.429. The first kappa shape index (κ1) is 12.6. The lowest BCUT2D eigenvalue weighted by Gasteiger charge is -2.26. The van der Waals surface area contributed by atoms with Crippen LogP contribution in [-0.2, 0) is 4.79 Å². The number of rotatable bonds is 2. The summed E-state index contributed by atoms with van der Waals surface area (Å²) in [5.41, 5.74) is 0.917. The molecule has 0 bridgehead atoms. The summed E-state index contributed by atoms with van der Waals surface area (Å²) < 4.78 is 0. The first-order chi connectivity index (χ1) is 8.74. The van der Waals surface area contributed by atoms with Gasteiger partial charge in [0.1, 0.15) is 6.04 Å². The molecule has 4 nitrogen and oxygen atoms in total. The summed E-state index contributed by atoms with van der Waals surface area (Å²) in [6, 6.07) is 11.5. The van der Waals surface area contributed by atoms with Crippen molar-refractivity contribution in [3.8, 4) is 6.07 Å². The number of benzene rings is 1. The van der Waals surface area contributed by atoms with Crippen LogP contribution in [0.4, 0.5) is 5.69 Å². The Morgan fingerprint density at radius 2 is 2.06 bits per heavy atom. The third kappa shape index (κ3) is 2.52. The van der Waals surface area contributed by atoms with Gasteiger partial charge in [0.05, 0.1) is 12.5 Å². The van der Waals surface area contributed by atoms with Crippen LogP contribution in [0.15, 0.2) is 30.3 Å². The van der Waals surface area contributed by atoms with Crippen molar-refractivity contribution in [3.63, 3.8) is 0 Å². The molecule has 0 spiro atoms. The van der Waals surface area contributed by atoms with Crippen LogP contribution in [0, 0.1) is 11.3 Å². The van der Waals surface area contributed by atoms with Crippen LogP contribution in [0.3, 0.4) is 0 Å². The van der Waals surface area contributed by atoms with E-state index < -0.39 is 0 Å². The Bertz CT molecular complexity index is 452. The molecule has 0 saturated carbocycles. The number of carbonyl (C=O) groups excluding carboxylic acids is 1. The average Bonchev–Trinajstić information content (AvgIpc) is 2.53. The molecule has 94 valence electrons. The van der Waals surface area contributed by atoms with E-state index in [0.29, 0.717) is 0 Å². The Morgan fingerprint density at radius 1 is 1.33 bits per heavy atom. The SMILES string of the molecule is CN1CCCN(c2ccccc2)C(=O)C1CC#N. The number of amides is 1. The fourth-order valence-electron chi connectivity index (χ4n) is 2.31. The van der Waals surface area contributed by atoms with Crippen LogP contribution in [0.1, 0.15) is 12.8 Å². The number of likely N-dealkylation sites (N-methyl/N-ethyl adjacent to an activating group) is 1. The predicted molar refractivity (Wildman–Crippen MR) is 70.1 cm³/mol. The second-order valence-electron chi connectivity index (χ2n) is 4.54. The van der Waals surface area contributed by atoms with Gasteiger partial charge in [-0.3, -0.25) is 9.69 Å². The van der Waals surface area contributed by atoms with Crippen molar-refractivity contribution in [1.82, 2.24) is 4.90 Å². The van der Waals surface area contributed by atoms with Crippen molar-refractivity contribution < 1.29 is 4.79 Å². The maximum Gasteiger partial charge on any atom is 0.245 e. The van der Waals surface area contributed by atoms with Crippen molar-refractivity contribution in [3.05, 3.63) is 30.3 Å². The third-order valence-corrected chi connectivity index (χ3v) is 3.33. The lowest BCUT2D eigenvalue weighted by molar-refractivity contribution is -0.122. The van der Waals surface area contributed by atoms with Crippen LogP contribution in [0.25, 0.3) is 0 Å². The summed E-state index contributed by atoms with van der Waals surface area (Å²) >= 11 is 0. The number of para-hydroxylation sites is 1. The van der Waals surface area contributed by atoms with Gasteiger partial charge in [0.25, 0.3) is 0 Å². The van der Waals surface area contributed by atoms with Gasteiger partial charge in [-0.25, -0.2) is 0 Å². The number of nitrogens with zero attached hydrogens (tertiary/aromatic N) is 3. The Kier molecular flexibility index (Phi) is 3.96. The van der Waals surface area contributed by atoms with E-state index in [9.17, 15) is 4.79 Å². The standard InChI is InChI=1S/C14H17N3O/c1-16-10-5-11-17(12-6-3-2-4-7-12)14(18)13(16)8-9-15/h2-4,6-7,13H,5,8,10-11H2,1H3. The van der Waals surface area contributed by atoms with Gasteiger partial charge in [-0.2, -0.15) is 5.26 Å². The van der Waals surface area contributed by atoms with E-state index >= 15 is 0 Å². The van der Waals surface area contributed by atoms with Gasteiger partial charge in [0.2, 0.25) is 5.91 Å². The van der Waals surface area contributed by atoms with E-state index in [1.165, 1.54) is 0 Å². The van der Waals surface area contributed by atoms with Crippen LogP contribution < -0.4 is 4.90 Å². The molecule has 0 N–H and O–H groups in total. The lowest BCUT2D eigenvalue weighted by atomic mass is 10.1. The minimum absolute atomic E-state index is 0.0303. The van der Waals surface area contributed by atoms with E-state index in [4.69, 9.17) is 5.26 Å². The molecule has 4 heteroatoms. The summed E-state index contributed by atoms with van der Waals surface area (Å²) in [7, 11) is 1.91. The topological polar surface area (TPSA) is 47.3 Å². The van der Waals surface area contributed by atoms with E-state index in [2.05, 4.69) is 6.07 Å². The molecule has 1 unspecified atom stereocenters. The maximum atomic E-state index is 12.5. The van der Waals surface area contributed by atoms with Gasteiger partial charge >= 0.3 is 0 Å². The van der Waals surface area contributed by atoms with Crippen molar-refractivity contribution in [1.29, 1.82) is 5.26 Å².